The topological polar surface area (TPSA) is 79.4 Å². The number of aromatic nitrogens is 2. The van der Waals surface area contributed by atoms with Crippen LogP contribution in [0.25, 0.3) is 10.2 Å². The summed E-state index contributed by atoms with van der Waals surface area (Å²) in [6.45, 7) is 8.06. The summed E-state index contributed by atoms with van der Waals surface area (Å²) in [7, 11) is 0. The van der Waals surface area contributed by atoms with Crippen LogP contribution in [0.4, 0.5) is 5.82 Å². The van der Waals surface area contributed by atoms with E-state index in [1.807, 2.05) is 0 Å². The molecule has 1 amide bonds. The molecule has 3 rings (SSSR count). The van der Waals surface area contributed by atoms with Crippen LogP contribution in [0.5, 0.6) is 0 Å². The number of amides is 1. The highest BCUT2D eigenvalue weighted by atomic mass is 32.1. The third-order valence-electron chi connectivity index (χ3n) is 4.45. The number of carbonyl (C=O) groups is 1. The number of nitrogens with zero attached hydrogens (tertiary/aromatic N) is 3. The molecule has 0 aliphatic carbocycles. The van der Waals surface area contributed by atoms with Gasteiger partial charge in [0.25, 0.3) is 0 Å². The minimum Gasteiger partial charge on any atom is -0.379 e. The van der Waals surface area contributed by atoms with Gasteiger partial charge in [0.2, 0.25) is 5.91 Å². The molecule has 3 heterocycles. The summed E-state index contributed by atoms with van der Waals surface area (Å²) in [4.78, 5) is 25.3. The van der Waals surface area contributed by atoms with E-state index in [0.717, 1.165) is 68.3 Å². The molecule has 2 aromatic heterocycles. The van der Waals surface area contributed by atoms with E-state index in [9.17, 15) is 4.79 Å². The molecule has 1 fully saturated rings. The van der Waals surface area contributed by atoms with Crippen LogP contribution in [0.3, 0.4) is 0 Å². The van der Waals surface area contributed by atoms with Crippen LogP contribution in [0.15, 0.2) is 12.4 Å². The Morgan fingerprint density at radius 1 is 1.31 bits per heavy atom. The molecule has 1 aliphatic rings. The SMILES string of the molecule is CCc1cc2c(NCCC(=O)NCCCN3CCOCC3)ncnc2s1. The third kappa shape index (κ3) is 5.36. The summed E-state index contributed by atoms with van der Waals surface area (Å²) >= 11 is 1.69. The number of rotatable bonds is 9. The number of morpholine rings is 1. The molecule has 0 radical (unpaired) electrons. The van der Waals surface area contributed by atoms with Gasteiger partial charge in [0, 0.05) is 37.5 Å². The summed E-state index contributed by atoms with van der Waals surface area (Å²) in [5.41, 5.74) is 0. The van der Waals surface area contributed by atoms with Gasteiger partial charge in [-0.2, -0.15) is 0 Å². The summed E-state index contributed by atoms with van der Waals surface area (Å²) in [5, 5.41) is 7.30. The van der Waals surface area contributed by atoms with Crippen LogP contribution in [-0.4, -0.2) is 66.7 Å². The zero-order valence-electron chi connectivity index (χ0n) is 15.3. The van der Waals surface area contributed by atoms with Crippen LogP contribution in [0.1, 0.15) is 24.6 Å². The van der Waals surface area contributed by atoms with Crippen molar-refractivity contribution in [2.24, 2.45) is 0 Å². The van der Waals surface area contributed by atoms with Gasteiger partial charge in [0.15, 0.2) is 0 Å². The van der Waals surface area contributed by atoms with Crippen molar-refractivity contribution in [2.45, 2.75) is 26.2 Å². The first kappa shape index (κ1) is 19.0. The average Bonchev–Trinajstić information content (AvgIpc) is 3.10. The van der Waals surface area contributed by atoms with Crippen molar-refractivity contribution in [1.29, 1.82) is 0 Å². The zero-order valence-corrected chi connectivity index (χ0v) is 16.1. The summed E-state index contributed by atoms with van der Waals surface area (Å²) < 4.78 is 5.33. The first-order valence-electron chi connectivity index (χ1n) is 9.30. The second-order valence-electron chi connectivity index (χ2n) is 6.34. The lowest BCUT2D eigenvalue weighted by atomic mass is 10.3. The van der Waals surface area contributed by atoms with Gasteiger partial charge in [-0.15, -0.1) is 11.3 Å². The largest absolute Gasteiger partial charge is 0.379 e. The van der Waals surface area contributed by atoms with Gasteiger partial charge < -0.3 is 15.4 Å². The fourth-order valence-electron chi connectivity index (χ4n) is 2.96. The van der Waals surface area contributed by atoms with E-state index in [1.54, 1.807) is 17.7 Å². The maximum absolute atomic E-state index is 12.0. The average molecular weight is 378 g/mol. The molecule has 142 valence electrons. The lowest BCUT2D eigenvalue weighted by Crippen LogP contribution is -2.38. The molecule has 2 N–H and O–H groups in total. The molecule has 7 nitrogen and oxygen atoms in total. The molecule has 2 aromatic rings. The van der Waals surface area contributed by atoms with Crippen molar-refractivity contribution in [2.75, 3.05) is 51.3 Å². The van der Waals surface area contributed by atoms with Crippen molar-refractivity contribution in [3.8, 4) is 0 Å². The molecule has 8 heteroatoms. The molecule has 1 saturated heterocycles. The molecule has 26 heavy (non-hydrogen) atoms. The van der Waals surface area contributed by atoms with Crippen LogP contribution >= 0.6 is 11.3 Å². The van der Waals surface area contributed by atoms with E-state index in [-0.39, 0.29) is 5.91 Å². The van der Waals surface area contributed by atoms with Crippen molar-refractivity contribution >= 4 is 33.3 Å². The lowest BCUT2D eigenvalue weighted by molar-refractivity contribution is -0.120. The first-order valence-corrected chi connectivity index (χ1v) is 10.1. The van der Waals surface area contributed by atoms with Gasteiger partial charge in [-0.05, 0) is 25.5 Å². The number of carbonyl (C=O) groups excluding carboxylic acids is 1. The number of fused-ring (bicyclic) bond motifs is 1. The van der Waals surface area contributed by atoms with Crippen LogP contribution < -0.4 is 10.6 Å². The predicted molar refractivity (Wildman–Crippen MR) is 105 cm³/mol. The number of thiophene rings is 1. The highest BCUT2D eigenvalue weighted by molar-refractivity contribution is 7.18. The molecular formula is C18H27N5O2S. The van der Waals surface area contributed by atoms with Crippen LogP contribution in [0.2, 0.25) is 0 Å². The van der Waals surface area contributed by atoms with Gasteiger partial charge in [0.05, 0.1) is 18.6 Å². The number of hydrogen-bond acceptors (Lipinski definition) is 7. The molecule has 0 spiro atoms. The Hall–Kier alpha value is -1.77. The van der Waals surface area contributed by atoms with Crippen molar-refractivity contribution in [3.05, 3.63) is 17.3 Å². The van der Waals surface area contributed by atoms with E-state index in [4.69, 9.17) is 4.74 Å². The Morgan fingerprint density at radius 3 is 2.96 bits per heavy atom. The predicted octanol–water partition coefficient (Wildman–Crippen LogP) is 1.89. The minimum absolute atomic E-state index is 0.0735. The smallest absolute Gasteiger partial charge is 0.221 e. The van der Waals surface area contributed by atoms with Gasteiger partial charge in [0.1, 0.15) is 17.0 Å². The molecule has 0 bridgehead atoms. The van der Waals surface area contributed by atoms with Crippen molar-refractivity contribution in [3.63, 3.8) is 0 Å². The van der Waals surface area contributed by atoms with Crippen LogP contribution in [0, 0.1) is 0 Å². The lowest BCUT2D eigenvalue weighted by Gasteiger charge is -2.26. The van der Waals surface area contributed by atoms with E-state index < -0.39 is 0 Å². The number of nitrogens with one attached hydrogen (secondary N) is 2. The maximum atomic E-state index is 12.0. The van der Waals surface area contributed by atoms with E-state index in [0.29, 0.717) is 13.0 Å². The van der Waals surface area contributed by atoms with Gasteiger partial charge in [-0.25, -0.2) is 9.97 Å². The normalized spacial score (nSPS) is 15.3. The fourth-order valence-corrected chi connectivity index (χ4v) is 3.89. The molecule has 1 aliphatic heterocycles. The number of aryl methyl sites for hydroxylation is 1. The Morgan fingerprint density at radius 2 is 2.15 bits per heavy atom. The number of hydrogen-bond donors (Lipinski definition) is 2. The van der Waals surface area contributed by atoms with Crippen LogP contribution in [-0.2, 0) is 16.0 Å². The summed E-state index contributed by atoms with van der Waals surface area (Å²) in [6, 6.07) is 2.13. The molecule has 0 atom stereocenters. The number of ether oxygens (including phenoxy) is 1. The Kier molecular flexibility index (Phi) is 7.16. The monoisotopic (exact) mass is 377 g/mol. The summed E-state index contributed by atoms with van der Waals surface area (Å²) in [5.74, 6) is 0.885. The highest BCUT2D eigenvalue weighted by Gasteiger charge is 2.10. The van der Waals surface area contributed by atoms with Crippen molar-refractivity contribution in [1.82, 2.24) is 20.2 Å². The Bertz CT molecular complexity index is 715. The van der Waals surface area contributed by atoms with Crippen molar-refractivity contribution < 1.29 is 9.53 Å². The Balaban J connectivity index is 1.35. The van der Waals surface area contributed by atoms with E-state index in [2.05, 4.69) is 38.5 Å². The maximum Gasteiger partial charge on any atom is 0.221 e. The van der Waals surface area contributed by atoms with Gasteiger partial charge in [-0.1, -0.05) is 6.92 Å². The number of anilines is 1. The molecular weight excluding hydrogens is 350 g/mol. The first-order chi connectivity index (χ1) is 12.8. The Labute approximate surface area is 158 Å². The standard InChI is InChI=1S/C18H27N5O2S/c1-2-14-12-15-17(21-13-22-18(15)26-14)20-6-4-16(24)19-5-3-7-23-8-10-25-11-9-23/h12-13H,2-11H2,1H3,(H,19,24)(H,20,21,22). The van der Waals surface area contributed by atoms with Gasteiger partial charge >= 0.3 is 0 Å². The van der Waals surface area contributed by atoms with E-state index in [1.165, 1.54) is 4.88 Å². The second-order valence-corrected chi connectivity index (χ2v) is 7.46. The van der Waals surface area contributed by atoms with E-state index >= 15 is 0 Å². The van der Waals surface area contributed by atoms with Gasteiger partial charge in [-0.3, -0.25) is 9.69 Å². The second kappa shape index (κ2) is 9.80. The fraction of sp³-hybridized carbons (Fsp3) is 0.611. The molecule has 0 saturated carbocycles. The quantitative estimate of drug-likeness (QED) is 0.650. The third-order valence-corrected chi connectivity index (χ3v) is 5.64. The summed E-state index contributed by atoms with van der Waals surface area (Å²) in [6.07, 6.45) is 3.98. The highest BCUT2D eigenvalue weighted by Crippen LogP contribution is 2.28. The molecule has 0 aromatic carbocycles. The molecule has 0 unspecified atom stereocenters. The minimum atomic E-state index is 0.0735. The zero-order chi connectivity index (χ0) is 18.2.